The molecule has 1 atom stereocenters. The van der Waals surface area contributed by atoms with E-state index in [1.165, 1.54) is 75.6 Å². The van der Waals surface area contributed by atoms with Crippen LogP contribution in [0.4, 0.5) is 0 Å². The highest BCUT2D eigenvalue weighted by Gasteiger charge is 2.47. The van der Waals surface area contributed by atoms with Crippen LogP contribution in [0.25, 0.3) is 11.1 Å². The van der Waals surface area contributed by atoms with E-state index in [-0.39, 0.29) is 5.91 Å². The number of unbranched alkanes of at least 4 members (excludes halogenated alkanes) is 6. The zero-order chi connectivity index (χ0) is 24.4. The Balaban J connectivity index is 1.82. The minimum atomic E-state index is -0.725. The second-order valence-corrected chi connectivity index (χ2v) is 10.1. The van der Waals surface area contributed by atoms with Gasteiger partial charge in [-0.2, -0.15) is 0 Å². The number of hydrogen-bond acceptors (Lipinski definition) is 2. The molecule has 0 saturated heterocycles. The third-order valence-corrected chi connectivity index (χ3v) is 7.92. The molecule has 0 spiro atoms. The molecule has 2 aromatic carbocycles. The third kappa shape index (κ3) is 5.74. The highest BCUT2D eigenvalue weighted by molar-refractivity contribution is 5.99. The van der Waals surface area contributed by atoms with E-state index in [0.29, 0.717) is 6.04 Å². The molecule has 3 nitrogen and oxygen atoms in total. The summed E-state index contributed by atoms with van der Waals surface area (Å²) >= 11 is 0. The number of nitrogens with zero attached hydrogens (tertiary/aromatic N) is 1. The summed E-state index contributed by atoms with van der Waals surface area (Å²) in [6.07, 6.45) is 13.2. The van der Waals surface area contributed by atoms with Crippen molar-refractivity contribution < 1.29 is 4.79 Å². The van der Waals surface area contributed by atoms with E-state index in [2.05, 4.69) is 62.1 Å². The van der Waals surface area contributed by atoms with Gasteiger partial charge in [0.1, 0.15) is 0 Å². The molecular formula is C31H46N2O. The van der Waals surface area contributed by atoms with Crippen LogP contribution in [0, 0.1) is 0 Å². The van der Waals surface area contributed by atoms with Crippen LogP contribution in [-0.2, 0) is 10.2 Å². The second kappa shape index (κ2) is 13.1. The minimum absolute atomic E-state index is 0.211. The van der Waals surface area contributed by atoms with Gasteiger partial charge in [0.2, 0.25) is 5.91 Å². The maximum absolute atomic E-state index is 13.2. The average molecular weight is 463 g/mol. The summed E-state index contributed by atoms with van der Waals surface area (Å²) in [5.74, 6) is -0.211. The summed E-state index contributed by atoms with van der Waals surface area (Å²) in [7, 11) is 0. The maximum Gasteiger partial charge on any atom is 0.232 e. The van der Waals surface area contributed by atoms with Crippen molar-refractivity contribution in [3.8, 4) is 11.1 Å². The van der Waals surface area contributed by atoms with E-state index in [0.717, 1.165) is 30.4 Å². The lowest BCUT2D eigenvalue weighted by molar-refractivity contribution is -0.122. The highest BCUT2D eigenvalue weighted by atomic mass is 16.1. The first-order valence-electron chi connectivity index (χ1n) is 13.8. The Morgan fingerprint density at radius 2 is 1.29 bits per heavy atom. The van der Waals surface area contributed by atoms with E-state index in [4.69, 9.17) is 5.73 Å². The number of amides is 1. The van der Waals surface area contributed by atoms with E-state index in [9.17, 15) is 4.79 Å². The fourth-order valence-electron chi connectivity index (χ4n) is 5.97. The van der Waals surface area contributed by atoms with Crippen molar-refractivity contribution in [3.05, 3.63) is 59.7 Å². The van der Waals surface area contributed by atoms with E-state index >= 15 is 0 Å². The average Bonchev–Trinajstić information content (AvgIpc) is 3.15. The number of rotatable bonds is 16. The molecule has 0 saturated carbocycles. The van der Waals surface area contributed by atoms with Crippen molar-refractivity contribution in [2.75, 3.05) is 13.1 Å². The summed E-state index contributed by atoms with van der Waals surface area (Å²) < 4.78 is 0. The van der Waals surface area contributed by atoms with Crippen LogP contribution >= 0.6 is 0 Å². The zero-order valence-electron chi connectivity index (χ0n) is 21.8. The van der Waals surface area contributed by atoms with Crippen molar-refractivity contribution in [1.29, 1.82) is 0 Å². The zero-order valence-corrected chi connectivity index (χ0v) is 21.8. The van der Waals surface area contributed by atoms with Gasteiger partial charge in [0.05, 0.1) is 5.41 Å². The smallest absolute Gasteiger partial charge is 0.232 e. The quantitative estimate of drug-likeness (QED) is 0.263. The van der Waals surface area contributed by atoms with Gasteiger partial charge in [-0.15, -0.1) is 0 Å². The Hall–Kier alpha value is -2.13. The molecular weight excluding hydrogens is 416 g/mol. The Bertz CT molecular complexity index is 848. The molecule has 1 aliphatic carbocycles. The van der Waals surface area contributed by atoms with Crippen LogP contribution in [0.1, 0.15) is 103 Å². The maximum atomic E-state index is 13.2. The van der Waals surface area contributed by atoms with Gasteiger partial charge in [0, 0.05) is 6.04 Å². The summed E-state index contributed by atoms with van der Waals surface area (Å²) in [6, 6.07) is 17.2. The number of carbonyl (C=O) groups is 1. The molecule has 186 valence electrons. The van der Waals surface area contributed by atoms with Crippen molar-refractivity contribution in [2.45, 2.75) is 103 Å². The molecule has 2 N–H and O–H groups in total. The molecule has 34 heavy (non-hydrogen) atoms. The Morgan fingerprint density at radius 3 is 1.74 bits per heavy atom. The predicted octanol–water partition coefficient (Wildman–Crippen LogP) is 7.46. The monoisotopic (exact) mass is 462 g/mol. The van der Waals surface area contributed by atoms with Gasteiger partial charge in [0.15, 0.2) is 0 Å². The topological polar surface area (TPSA) is 46.3 Å². The van der Waals surface area contributed by atoms with Gasteiger partial charge < -0.3 is 10.6 Å². The van der Waals surface area contributed by atoms with Gasteiger partial charge in [-0.3, -0.25) is 4.79 Å². The van der Waals surface area contributed by atoms with Gasteiger partial charge in [-0.05, 0) is 67.4 Å². The normalized spacial score (nSPS) is 14.7. The summed E-state index contributed by atoms with van der Waals surface area (Å²) in [5, 5.41) is 0. The molecule has 0 bridgehead atoms. The standard InChI is InChI=1S/C31H46N2O/c1-4-7-9-15-23-33(24-16-10-8-5-2)25(6-3)21-22-31(30(32)34)28-19-13-11-17-26(28)27-18-12-14-20-29(27)31/h11-14,17-20,25H,4-10,15-16,21-24H2,1-3H3,(H2,32,34). The van der Waals surface area contributed by atoms with Crippen LogP contribution in [0.15, 0.2) is 48.5 Å². The van der Waals surface area contributed by atoms with Crippen molar-refractivity contribution in [3.63, 3.8) is 0 Å². The fraction of sp³-hybridized carbons (Fsp3) is 0.581. The fourth-order valence-corrected chi connectivity index (χ4v) is 5.97. The van der Waals surface area contributed by atoms with Gasteiger partial charge in [-0.1, -0.05) is 108 Å². The molecule has 2 aromatic rings. The minimum Gasteiger partial charge on any atom is -0.369 e. The van der Waals surface area contributed by atoms with Crippen molar-refractivity contribution in [2.24, 2.45) is 5.73 Å². The lowest BCUT2D eigenvalue weighted by Crippen LogP contribution is -2.43. The number of carbonyl (C=O) groups excluding carboxylic acids is 1. The molecule has 0 aromatic heterocycles. The Labute approximate surface area is 208 Å². The first kappa shape index (κ1) is 26.5. The Kier molecular flexibility index (Phi) is 10.2. The lowest BCUT2D eigenvalue weighted by Gasteiger charge is -2.35. The molecule has 3 heteroatoms. The first-order valence-corrected chi connectivity index (χ1v) is 13.8. The molecule has 0 aliphatic heterocycles. The molecule has 1 amide bonds. The van der Waals surface area contributed by atoms with Gasteiger partial charge in [-0.25, -0.2) is 0 Å². The van der Waals surface area contributed by atoms with Crippen LogP contribution in [0.5, 0.6) is 0 Å². The molecule has 1 aliphatic rings. The number of fused-ring (bicyclic) bond motifs is 3. The molecule has 1 unspecified atom stereocenters. The lowest BCUT2D eigenvalue weighted by atomic mass is 9.73. The van der Waals surface area contributed by atoms with Crippen LogP contribution in [0.3, 0.4) is 0 Å². The molecule has 3 rings (SSSR count). The Morgan fingerprint density at radius 1 is 0.794 bits per heavy atom. The number of primary amides is 1. The number of benzene rings is 2. The van der Waals surface area contributed by atoms with Crippen molar-refractivity contribution >= 4 is 5.91 Å². The van der Waals surface area contributed by atoms with E-state index in [1.807, 2.05) is 12.1 Å². The molecule has 0 radical (unpaired) electrons. The number of hydrogen-bond donors (Lipinski definition) is 1. The highest BCUT2D eigenvalue weighted by Crippen LogP contribution is 2.51. The van der Waals surface area contributed by atoms with Crippen LogP contribution in [-0.4, -0.2) is 29.9 Å². The molecule has 0 heterocycles. The first-order chi connectivity index (χ1) is 16.6. The van der Waals surface area contributed by atoms with Crippen molar-refractivity contribution in [1.82, 2.24) is 4.90 Å². The molecule has 0 fully saturated rings. The van der Waals surface area contributed by atoms with Crippen LogP contribution < -0.4 is 5.73 Å². The third-order valence-electron chi connectivity index (χ3n) is 7.92. The second-order valence-electron chi connectivity index (χ2n) is 10.1. The number of nitrogens with two attached hydrogens (primary N) is 1. The SMILES string of the molecule is CCCCCCN(CCCCCC)C(CC)CCC1(C(N)=O)c2ccccc2-c2ccccc21. The van der Waals surface area contributed by atoms with Crippen LogP contribution in [0.2, 0.25) is 0 Å². The predicted molar refractivity (Wildman–Crippen MR) is 145 cm³/mol. The van der Waals surface area contributed by atoms with E-state index < -0.39 is 5.41 Å². The van der Waals surface area contributed by atoms with Gasteiger partial charge >= 0.3 is 0 Å². The van der Waals surface area contributed by atoms with Gasteiger partial charge in [0.25, 0.3) is 0 Å². The summed E-state index contributed by atoms with van der Waals surface area (Å²) in [5.41, 5.74) is 10.0. The summed E-state index contributed by atoms with van der Waals surface area (Å²) in [6.45, 7) is 9.20. The largest absolute Gasteiger partial charge is 0.369 e. The van der Waals surface area contributed by atoms with E-state index in [1.54, 1.807) is 0 Å². The summed E-state index contributed by atoms with van der Waals surface area (Å²) in [4.78, 5) is 15.9.